The number of nitrogens with zero attached hydrogens (tertiary/aromatic N) is 2. The van der Waals surface area contributed by atoms with E-state index in [0.717, 1.165) is 5.69 Å². The number of benzene rings is 1. The van der Waals surface area contributed by atoms with E-state index in [4.69, 9.17) is 9.47 Å². The third kappa shape index (κ3) is 6.59. The van der Waals surface area contributed by atoms with Crippen LogP contribution in [0.5, 0.6) is 5.75 Å². The molecule has 136 valence electrons. The summed E-state index contributed by atoms with van der Waals surface area (Å²) in [5.41, 5.74) is 0.336. The number of carboxylic acid groups (broad SMARTS) is 1. The Hall–Kier alpha value is -2.95. The molecule has 0 aliphatic carbocycles. The zero-order chi connectivity index (χ0) is 19.2. The second kappa shape index (κ2) is 8.24. The number of ether oxygens (including phenoxy) is 2. The predicted octanol–water partition coefficient (Wildman–Crippen LogP) is 1.98. The fourth-order valence-corrected chi connectivity index (χ4v) is 1.81. The van der Waals surface area contributed by atoms with Crippen LogP contribution in [0, 0.1) is 11.3 Å². The van der Waals surface area contributed by atoms with Crippen molar-refractivity contribution in [2.24, 2.45) is 0 Å². The van der Waals surface area contributed by atoms with Crippen molar-refractivity contribution in [3.63, 3.8) is 0 Å². The highest BCUT2D eigenvalue weighted by molar-refractivity contribution is 5.80. The third-order valence-electron chi connectivity index (χ3n) is 2.99. The van der Waals surface area contributed by atoms with Gasteiger partial charge in [0.2, 0.25) is 0 Å². The molecule has 8 nitrogen and oxygen atoms in total. The normalized spacial score (nSPS) is 11.8. The average molecular weight is 349 g/mol. The zero-order valence-corrected chi connectivity index (χ0v) is 15.0. The molecule has 0 saturated heterocycles. The fraction of sp³-hybridized carbons (Fsp3) is 0.471. The maximum Gasteiger partial charge on any atom is 0.408 e. The molecule has 25 heavy (non-hydrogen) atoms. The van der Waals surface area contributed by atoms with Crippen molar-refractivity contribution in [3.05, 3.63) is 23.8 Å². The van der Waals surface area contributed by atoms with Crippen LogP contribution in [0.15, 0.2) is 18.2 Å². The van der Waals surface area contributed by atoms with Crippen LogP contribution in [0.1, 0.15) is 26.3 Å². The van der Waals surface area contributed by atoms with E-state index in [0.29, 0.717) is 0 Å². The molecular weight excluding hydrogens is 326 g/mol. The van der Waals surface area contributed by atoms with Crippen LogP contribution in [0.2, 0.25) is 0 Å². The number of carbonyl (C=O) groups excluding carboxylic acids is 1. The van der Waals surface area contributed by atoms with Gasteiger partial charge in [0.1, 0.15) is 24.0 Å². The summed E-state index contributed by atoms with van der Waals surface area (Å²) in [7, 11) is 3.67. The van der Waals surface area contributed by atoms with Crippen LogP contribution in [-0.4, -0.2) is 49.5 Å². The minimum Gasteiger partial charge on any atom is -0.489 e. The van der Waals surface area contributed by atoms with Gasteiger partial charge >= 0.3 is 12.1 Å². The zero-order valence-electron chi connectivity index (χ0n) is 15.0. The molecule has 0 radical (unpaired) electrons. The smallest absolute Gasteiger partial charge is 0.408 e. The highest BCUT2D eigenvalue weighted by Crippen LogP contribution is 2.23. The maximum absolute atomic E-state index is 11.7. The van der Waals surface area contributed by atoms with Gasteiger partial charge in [0.25, 0.3) is 0 Å². The number of alkyl carbamates (subject to hydrolysis) is 1. The van der Waals surface area contributed by atoms with Crippen LogP contribution in [-0.2, 0) is 9.53 Å². The Balaban J connectivity index is 2.80. The van der Waals surface area contributed by atoms with Gasteiger partial charge in [-0.25, -0.2) is 9.59 Å². The van der Waals surface area contributed by atoms with Gasteiger partial charge in [0.15, 0.2) is 6.04 Å². The largest absolute Gasteiger partial charge is 0.489 e. The van der Waals surface area contributed by atoms with Crippen LogP contribution in [0.4, 0.5) is 10.5 Å². The van der Waals surface area contributed by atoms with E-state index in [1.54, 1.807) is 39.0 Å². The first-order valence-corrected chi connectivity index (χ1v) is 7.60. The van der Waals surface area contributed by atoms with Gasteiger partial charge in [0, 0.05) is 19.8 Å². The molecule has 0 fully saturated rings. The molecular formula is C17H23N3O5. The van der Waals surface area contributed by atoms with Crippen LogP contribution < -0.4 is 15.0 Å². The second-order valence-corrected chi connectivity index (χ2v) is 6.53. The molecule has 0 aliphatic heterocycles. The molecule has 0 saturated carbocycles. The highest BCUT2D eigenvalue weighted by Gasteiger charge is 2.25. The van der Waals surface area contributed by atoms with E-state index in [1.165, 1.54) is 0 Å². The monoisotopic (exact) mass is 349 g/mol. The quantitative estimate of drug-likeness (QED) is 0.807. The lowest BCUT2D eigenvalue weighted by Gasteiger charge is -2.22. The van der Waals surface area contributed by atoms with Crippen LogP contribution in [0.3, 0.4) is 0 Å². The number of carboxylic acids is 1. The molecule has 8 heteroatoms. The van der Waals surface area contributed by atoms with Crippen molar-refractivity contribution in [3.8, 4) is 11.8 Å². The van der Waals surface area contributed by atoms with Crippen molar-refractivity contribution in [2.75, 3.05) is 25.6 Å². The van der Waals surface area contributed by atoms with Crippen molar-refractivity contribution in [1.29, 1.82) is 5.26 Å². The Morgan fingerprint density at radius 1 is 1.36 bits per heavy atom. The lowest BCUT2D eigenvalue weighted by molar-refractivity contribution is -0.140. The van der Waals surface area contributed by atoms with E-state index >= 15 is 0 Å². The average Bonchev–Trinajstić information content (AvgIpc) is 2.48. The third-order valence-corrected chi connectivity index (χ3v) is 2.99. The van der Waals surface area contributed by atoms with E-state index < -0.39 is 23.7 Å². The van der Waals surface area contributed by atoms with Gasteiger partial charge in [-0.15, -0.1) is 0 Å². The van der Waals surface area contributed by atoms with Gasteiger partial charge in [0.05, 0.1) is 5.56 Å². The van der Waals surface area contributed by atoms with Crippen molar-refractivity contribution >= 4 is 17.7 Å². The number of nitrogens with one attached hydrogen (secondary N) is 1. The van der Waals surface area contributed by atoms with Crippen molar-refractivity contribution in [1.82, 2.24) is 5.32 Å². The van der Waals surface area contributed by atoms with Crippen molar-refractivity contribution in [2.45, 2.75) is 32.4 Å². The summed E-state index contributed by atoms with van der Waals surface area (Å²) in [4.78, 5) is 24.8. The summed E-state index contributed by atoms with van der Waals surface area (Å²) in [5, 5.41) is 20.7. The van der Waals surface area contributed by atoms with E-state index in [9.17, 15) is 20.0 Å². The topological polar surface area (TPSA) is 112 Å². The van der Waals surface area contributed by atoms with Gasteiger partial charge in [-0.05, 0) is 39.0 Å². The van der Waals surface area contributed by atoms with Crippen molar-refractivity contribution < 1.29 is 24.2 Å². The number of anilines is 1. The first-order valence-electron chi connectivity index (χ1n) is 7.60. The summed E-state index contributed by atoms with van der Waals surface area (Å²) in [5.74, 6) is -1.03. The summed E-state index contributed by atoms with van der Waals surface area (Å²) < 4.78 is 10.5. The lowest BCUT2D eigenvalue weighted by atomic mass is 10.2. The van der Waals surface area contributed by atoms with Crippen LogP contribution >= 0.6 is 0 Å². The predicted molar refractivity (Wildman–Crippen MR) is 91.8 cm³/mol. The molecule has 1 aromatic carbocycles. The molecule has 0 aromatic heterocycles. The Morgan fingerprint density at radius 3 is 2.48 bits per heavy atom. The number of hydrogen-bond acceptors (Lipinski definition) is 6. The second-order valence-electron chi connectivity index (χ2n) is 6.53. The summed E-state index contributed by atoms with van der Waals surface area (Å²) in [6.07, 6.45) is -0.855. The minimum absolute atomic E-state index is 0.241. The Kier molecular flexibility index (Phi) is 6.62. The van der Waals surface area contributed by atoms with Gasteiger partial charge < -0.3 is 24.8 Å². The van der Waals surface area contributed by atoms with E-state index in [2.05, 4.69) is 5.32 Å². The van der Waals surface area contributed by atoms with E-state index in [-0.39, 0.29) is 17.9 Å². The SMILES string of the molecule is CN(C)c1ccc(OCC(NC(=O)OC(C)(C)C)C(=O)O)c(C#N)c1. The molecule has 1 amide bonds. The van der Waals surface area contributed by atoms with Gasteiger partial charge in [-0.2, -0.15) is 5.26 Å². The molecule has 0 heterocycles. The lowest BCUT2D eigenvalue weighted by Crippen LogP contribution is -2.46. The molecule has 1 unspecified atom stereocenters. The first kappa shape index (κ1) is 20.1. The standard InChI is InChI=1S/C17H23N3O5/c1-17(2,3)25-16(23)19-13(15(21)22)10-24-14-7-6-12(20(4)5)8-11(14)9-18/h6-8,13H,10H2,1-5H3,(H,19,23)(H,21,22). The number of amides is 1. The van der Waals surface area contributed by atoms with Gasteiger partial charge in [-0.1, -0.05) is 0 Å². The number of aliphatic carboxylic acids is 1. The number of hydrogen-bond donors (Lipinski definition) is 2. The van der Waals surface area contributed by atoms with Crippen LogP contribution in [0.25, 0.3) is 0 Å². The highest BCUT2D eigenvalue weighted by atomic mass is 16.6. The number of carbonyl (C=O) groups is 2. The molecule has 1 aromatic rings. The maximum atomic E-state index is 11.7. The summed E-state index contributed by atoms with van der Waals surface area (Å²) >= 11 is 0. The molecule has 1 atom stereocenters. The van der Waals surface area contributed by atoms with Gasteiger partial charge in [-0.3, -0.25) is 0 Å². The minimum atomic E-state index is -1.31. The Morgan fingerprint density at radius 2 is 2.00 bits per heavy atom. The summed E-state index contributed by atoms with van der Waals surface area (Å²) in [6.45, 7) is 4.67. The molecule has 0 aliphatic rings. The molecule has 2 N–H and O–H groups in total. The Bertz CT molecular complexity index is 674. The fourth-order valence-electron chi connectivity index (χ4n) is 1.81. The molecule has 1 rings (SSSR count). The Labute approximate surface area is 146 Å². The first-order chi connectivity index (χ1) is 11.5. The summed E-state index contributed by atoms with van der Waals surface area (Å²) in [6, 6.07) is 5.65. The molecule has 0 bridgehead atoms. The molecule has 0 spiro atoms. The number of nitriles is 1. The number of rotatable bonds is 6. The van der Waals surface area contributed by atoms with E-state index in [1.807, 2.05) is 25.1 Å².